The molecule has 2 atom stereocenters. The maximum Gasteiger partial charge on any atom is 0.195 e. The van der Waals surface area contributed by atoms with Crippen LogP contribution in [0.15, 0.2) is 12.7 Å². The molecule has 0 radical (unpaired) electrons. The fraction of sp³-hybridized carbons (Fsp3) is 0.692. The zero-order chi connectivity index (χ0) is 13.5. The predicted octanol–water partition coefficient (Wildman–Crippen LogP) is 3.17. The highest BCUT2D eigenvalue weighted by Crippen LogP contribution is 2.25. The van der Waals surface area contributed by atoms with Gasteiger partial charge in [0.2, 0.25) is 0 Å². The van der Waals surface area contributed by atoms with Crippen molar-refractivity contribution >= 4 is 12.2 Å². The maximum absolute atomic E-state index is 9.62. The summed E-state index contributed by atoms with van der Waals surface area (Å²) < 4.78 is 2.59. The lowest BCUT2D eigenvalue weighted by molar-refractivity contribution is 0.169. The molecular formula is C13H23N3OS. The lowest BCUT2D eigenvalue weighted by Crippen LogP contribution is -2.14. The Morgan fingerprint density at radius 1 is 1.61 bits per heavy atom. The number of allylic oxidation sites excluding steroid dienone is 1. The minimum absolute atomic E-state index is 0.248. The first-order chi connectivity index (χ1) is 8.60. The van der Waals surface area contributed by atoms with Gasteiger partial charge in [-0.2, -0.15) is 5.10 Å². The number of aliphatic hydroxyl groups excluding tert-OH is 1. The number of unbranched alkanes of at least 4 members (excludes halogenated alkanes) is 1. The SMILES string of the molecule is C=CCn1c([C@@H](CCCC)C[C@H](C)O)n[nH]c1=S. The number of hydrogen-bond donors (Lipinski definition) is 2. The van der Waals surface area contributed by atoms with Crippen molar-refractivity contribution in [2.45, 2.75) is 58.1 Å². The maximum atomic E-state index is 9.62. The smallest absolute Gasteiger partial charge is 0.195 e. The van der Waals surface area contributed by atoms with E-state index in [-0.39, 0.29) is 12.0 Å². The number of nitrogens with one attached hydrogen (secondary N) is 1. The third kappa shape index (κ3) is 4.07. The zero-order valence-corrected chi connectivity index (χ0v) is 12.0. The van der Waals surface area contributed by atoms with Crippen LogP contribution < -0.4 is 0 Å². The van der Waals surface area contributed by atoms with Crippen molar-refractivity contribution in [1.82, 2.24) is 14.8 Å². The molecule has 102 valence electrons. The minimum Gasteiger partial charge on any atom is -0.393 e. The third-order valence-electron chi connectivity index (χ3n) is 3.00. The molecule has 1 heterocycles. The fourth-order valence-electron chi connectivity index (χ4n) is 2.16. The topological polar surface area (TPSA) is 53.8 Å². The van der Waals surface area contributed by atoms with E-state index in [1.54, 1.807) is 0 Å². The molecule has 1 rings (SSSR count). The van der Waals surface area contributed by atoms with Gasteiger partial charge in [0.05, 0.1) is 6.10 Å². The van der Waals surface area contributed by atoms with E-state index in [9.17, 15) is 5.11 Å². The fourth-order valence-corrected chi connectivity index (χ4v) is 2.38. The van der Waals surface area contributed by atoms with Crippen molar-refractivity contribution in [2.75, 3.05) is 0 Å². The molecule has 0 spiro atoms. The Balaban J connectivity index is 2.95. The molecule has 1 aromatic rings. The van der Waals surface area contributed by atoms with Crippen LogP contribution in [-0.4, -0.2) is 26.0 Å². The van der Waals surface area contributed by atoms with Crippen molar-refractivity contribution in [3.05, 3.63) is 23.3 Å². The summed E-state index contributed by atoms with van der Waals surface area (Å²) in [6, 6.07) is 0. The van der Waals surface area contributed by atoms with Gasteiger partial charge in [-0.3, -0.25) is 5.10 Å². The number of aromatic amines is 1. The highest BCUT2D eigenvalue weighted by atomic mass is 32.1. The minimum atomic E-state index is -0.325. The number of rotatable bonds is 8. The summed E-state index contributed by atoms with van der Waals surface area (Å²) in [5.74, 6) is 1.19. The number of nitrogens with zero attached hydrogens (tertiary/aromatic N) is 2. The Kier molecular flexibility index (Phi) is 6.29. The van der Waals surface area contributed by atoms with Crippen LogP contribution >= 0.6 is 12.2 Å². The molecule has 0 unspecified atom stereocenters. The molecule has 0 bridgehead atoms. The summed E-state index contributed by atoms with van der Waals surface area (Å²) in [4.78, 5) is 0. The molecule has 0 aliphatic heterocycles. The number of H-pyrrole nitrogens is 1. The van der Waals surface area contributed by atoms with E-state index in [2.05, 4.69) is 23.7 Å². The van der Waals surface area contributed by atoms with Crippen LogP contribution in [0.3, 0.4) is 0 Å². The first kappa shape index (κ1) is 15.1. The standard InChI is InChI=1S/C13H23N3OS/c1-4-6-7-11(9-10(3)17)12-14-15-13(18)16(12)8-5-2/h5,10-11,17H,2,4,6-9H2,1,3H3,(H,15,18)/t10-,11-/m0/s1. The van der Waals surface area contributed by atoms with Gasteiger partial charge in [-0.15, -0.1) is 6.58 Å². The monoisotopic (exact) mass is 269 g/mol. The van der Waals surface area contributed by atoms with Gasteiger partial charge in [-0.05, 0) is 32.0 Å². The van der Waals surface area contributed by atoms with E-state index in [0.717, 1.165) is 31.5 Å². The van der Waals surface area contributed by atoms with Gasteiger partial charge in [-0.25, -0.2) is 0 Å². The summed E-state index contributed by atoms with van der Waals surface area (Å²) in [5, 5.41) is 16.8. The van der Waals surface area contributed by atoms with Gasteiger partial charge < -0.3 is 9.67 Å². The Labute approximate surface area is 114 Å². The average Bonchev–Trinajstić information content (AvgIpc) is 2.67. The highest BCUT2D eigenvalue weighted by Gasteiger charge is 2.19. The predicted molar refractivity (Wildman–Crippen MR) is 76.2 cm³/mol. The van der Waals surface area contributed by atoms with Crippen LogP contribution in [0.1, 0.15) is 51.3 Å². The van der Waals surface area contributed by atoms with Gasteiger partial charge in [0.15, 0.2) is 4.77 Å². The number of aliphatic hydroxyl groups is 1. The van der Waals surface area contributed by atoms with Crippen molar-refractivity contribution in [1.29, 1.82) is 0 Å². The second-order valence-electron chi connectivity index (χ2n) is 4.71. The third-order valence-corrected chi connectivity index (χ3v) is 3.31. The van der Waals surface area contributed by atoms with Gasteiger partial charge in [-0.1, -0.05) is 25.8 Å². The van der Waals surface area contributed by atoms with E-state index in [1.165, 1.54) is 0 Å². The molecule has 18 heavy (non-hydrogen) atoms. The molecule has 0 aliphatic carbocycles. The van der Waals surface area contributed by atoms with Crippen molar-refractivity contribution in [2.24, 2.45) is 0 Å². The second kappa shape index (κ2) is 7.48. The van der Waals surface area contributed by atoms with Gasteiger partial charge in [0, 0.05) is 12.5 Å². The molecular weight excluding hydrogens is 246 g/mol. The number of hydrogen-bond acceptors (Lipinski definition) is 3. The molecule has 0 aliphatic rings. The Morgan fingerprint density at radius 3 is 2.89 bits per heavy atom. The molecule has 4 nitrogen and oxygen atoms in total. The molecule has 0 amide bonds. The van der Waals surface area contributed by atoms with Crippen LogP contribution in [0.2, 0.25) is 0 Å². The highest BCUT2D eigenvalue weighted by molar-refractivity contribution is 7.71. The molecule has 0 saturated heterocycles. The van der Waals surface area contributed by atoms with Gasteiger partial charge >= 0.3 is 0 Å². The average molecular weight is 269 g/mol. The van der Waals surface area contributed by atoms with E-state index in [0.29, 0.717) is 11.3 Å². The van der Waals surface area contributed by atoms with Crippen LogP contribution in [0.5, 0.6) is 0 Å². The van der Waals surface area contributed by atoms with E-state index in [1.807, 2.05) is 17.6 Å². The summed E-state index contributed by atoms with van der Waals surface area (Å²) in [5.41, 5.74) is 0. The van der Waals surface area contributed by atoms with Crippen LogP contribution in [-0.2, 0) is 6.54 Å². The van der Waals surface area contributed by atoms with Crippen LogP contribution in [0, 0.1) is 4.77 Å². The van der Waals surface area contributed by atoms with E-state index >= 15 is 0 Å². The summed E-state index contributed by atoms with van der Waals surface area (Å²) in [6.07, 6.45) is 5.51. The van der Waals surface area contributed by atoms with Crippen LogP contribution in [0.25, 0.3) is 0 Å². The summed E-state index contributed by atoms with van der Waals surface area (Å²) >= 11 is 5.22. The Hall–Kier alpha value is -0.940. The Bertz CT molecular complexity index is 422. The molecule has 1 aromatic heterocycles. The van der Waals surface area contributed by atoms with Crippen LogP contribution in [0.4, 0.5) is 0 Å². The normalized spacial score (nSPS) is 14.4. The lowest BCUT2D eigenvalue weighted by Gasteiger charge is -2.18. The van der Waals surface area contributed by atoms with Crippen molar-refractivity contribution in [3.8, 4) is 0 Å². The zero-order valence-electron chi connectivity index (χ0n) is 11.2. The Morgan fingerprint density at radius 2 is 2.33 bits per heavy atom. The largest absolute Gasteiger partial charge is 0.393 e. The first-order valence-corrected chi connectivity index (χ1v) is 6.95. The van der Waals surface area contributed by atoms with Gasteiger partial charge in [0.25, 0.3) is 0 Å². The molecule has 0 fully saturated rings. The molecule has 0 saturated carbocycles. The molecule has 5 heteroatoms. The van der Waals surface area contributed by atoms with Crippen molar-refractivity contribution < 1.29 is 5.11 Å². The molecule has 2 N–H and O–H groups in total. The first-order valence-electron chi connectivity index (χ1n) is 6.54. The van der Waals surface area contributed by atoms with E-state index < -0.39 is 0 Å². The summed E-state index contributed by atoms with van der Waals surface area (Å²) in [6.45, 7) is 8.39. The van der Waals surface area contributed by atoms with Crippen molar-refractivity contribution in [3.63, 3.8) is 0 Å². The molecule has 0 aromatic carbocycles. The second-order valence-corrected chi connectivity index (χ2v) is 5.10. The number of aromatic nitrogens is 3. The lowest BCUT2D eigenvalue weighted by atomic mass is 9.95. The van der Waals surface area contributed by atoms with Gasteiger partial charge in [0.1, 0.15) is 5.82 Å². The quantitative estimate of drug-likeness (QED) is 0.563. The van der Waals surface area contributed by atoms with E-state index in [4.69, 9.17) is 12.2 Å². The summed E-state index contributed by atoms with van der Waals surface area (Å²) in [7, 11) is 0.